The van der Waals surface area contributed by atoms with Crippen molar-refractivity contribution in [3.05, 3.63) is 59.9 Å². The Bertz CT molecular complexity index is 1260. The summed E-state index contributed by atoms with van der Waals surface area (Å²) in [6.45, 7) is 6.98. The number of nitrogens with zero attached hydrogens (tertiary/aromatic N) is 4. The number of piperidine rings is 1. The molecule has 1 aliphatic rings. The highest BCUT2D eigenvalue weighted by Crippen LogP contribution is 2.30. The first kappa shape index (κ1) is 27.1. The molecule has 1 aromatic heterocycles. The molecule has 2 heterocycles. The van der Waals surface area contributed by atoms with E-state index < -0.39 is 12.0 Å². The SMILES string of the molecule is CC(=O)Nc1cccc(Nc2ncnc(N3CCC(C)(OCc4ccc(OC(F)(F)F)cc4)CC3)n2)c1C. The molecule has 0 unspecified atom stereocenters. The normalized spacial score (nSPS) is 15.2. The van der Waals surface area contributed by atoms with Gasteiger partial charge in [-0.25, -0.2) is 9.97 Å². The number of carbonyl (C=O) groups excluding carboxylic acids is 1. The van der Waals surface area contributed by atoms with Gasteiger partial charge in [0.05, 0.1) is 12.2 Å². The number of ether oxygens (including phenoxy) is 2. The molecule has 3 aromatic rings. The minimum atomic E-state index is -4.72. The van der Waals surface area contributed by atoms with Crippen LogP contribution in [0.2, 0.25) is 0 Å². The summed E-state index contributed by atoms with van der Waals surface area (Å²) in [5.74, 6) is 0.519. The molecule has 0 saturated carbocycles. The molecule has 2 aromatic carbocycles. The zero-order chi connectivity index (χ0) is 27.3. The number of alkyl halides is 3. The Morgan fingerprint density at radius 2 is 1.76 bits per heavy atom. The lowest BCUT2D eigenvalue weighted by molar-refractivity contribution is -0.274. The second-order valence-corrected chi connectivity index (χ2v) is 9.31. The number of rotatable bonds is 8. The van der Waals surface area contributed by atoms with E-state index in [0.717, 1.165) is 16.8 Å². The van der Waals surface area contributed by atoms with E-state index in [9.17, 15) is 18.0 Å². The Hall–Kier alpha value is -3.93. The number of hydrogen-bond acceptors (Lipinski definition) is 8. The maximum Gasteiger partial charge on any atom is 0.573 e. The van der Waals surface area contributed by atoms with Gasteiger partial charge in [-0.1, -0.05) is 18.2 Å². The molecule has 38 heavy (non-hydrogen) atoms. The average Bonchev–Trinajstić information content (AvgIpc) is 2.86. The number of nitrogens with one attached hydrogen (secondary N) is 2. The van der Waals surface area contributed by atoms with Gasteiger partial charge in [0.25, 0.3) is 0 Å². The Morgan fingerprint density at radius 3 is 2.42 bits per heavy atom. The first-order valence-electron chi connectivity index (χ1n) is 12.1. The molecule has 1 aliphatic heterocycles. The van der Waals surface area contributed by atoms with Crippen LogP contribution < -0.4 is 20.3 Å². The maximum atomic E-state index is 12.3. The molecule has 202 valence electrons. The van der Waals surface area contributed by atoms with Crippen molar-refractivity contribution in [2.24, 2.45) is 0 Å². The van der Waals surface area contributed by atoms with E-state index in [1.807, 2.05) is 32.0 Å². The van der Waals surface area contributed by atoms with Crippen molar-refractivity contribution in [1.82, 2.24) is 15.0 Å². The summed E-state index contributed by atoms with van der Waals surface area (Å²) in [6, 6.07) is 11.2. The molecule has 0 radical (unpaired) electrons. The van der Waals surface area contributed by atoms with Crippen LogP contribution in [0.1, 0.15) is 37.8 Å². The average molecular weight is 531 g/mol. The molecule has 12 heteroatoms. The quantitative estimate of drug-likeness (QED) is 0.402. The third-order valence-corrected chi connectivity index (χ3v) is 6.30. The number of aromatic nitrogens is 3. The van der Waals surface area contributed by atoms with Crippen LogP contribution in [0.5, 0.6) is 5.75 Å². The van der Waals surface area contributed by atoms with Crippen molar-refractivity contribution < 1.29 is 27.4 Å². The van der Waals surface area contributed by atoms with E-state index in [4.69, 9.17) is 4.74 Å². The topological polar surface area (TPSA) is 102 Å². The van der Waals surface area contributed by atoms with Gasteiger partial charge in [0.15, 0.2) is 0 Å². The Labute approximate surface area is 218 Å². The van der Waals surface area contributed by atoms with Crippen LogP contribution in [0, 0.1) is 6.92 Å². The van der Waals surface area contributed by atoms with Gasteiger partial charge in [0.2, 0.25) is 17.8 Å². The van der Waals surface area contributed by atoms with Crippen LogP contribution in [0.4, 0.5) is 36.4 Å². The van der Waals surface area contributed by atoms with Gasteiger partial charge in [-0.05, 0) is 62.1 Å². The number of carbonyl (C=O) groups is 1. The predicted molar refractivity (Wildman–Crippen MR) is 136 cm³/mol. The summed E-state index contributed by atoms with van der Waals surface area (Å²) >= 11 is 0. The molecule has 1 saturated heterocycles. The van der Waals surface area contributed by atoms with E-state index in [1.54, 1.807) is 12.1 Å². The zero-order valence-electron chi connectivity index (χ0n) is 21.3. The number of benzene rings is 2. The number of halogens is 3. The van der Waals surface area contributed by atoms with Crippen molar-refractivity contribution in [2.75, 3.05) is 28.6 Å². The van der Waals surface area contributed by atoms with Crippen LogP contribution in [0.25, 0.3) is 0 Å². The maximum absolute atomic E-state index is 12.3. The second-order valence-electron chi connectivity index (χ2n) is 9.31. The fourth-order valence-corrected chi connectivity index (χ4v) is 4.09. The van der Waals surface area contributed by atoms with Gasteiger partial charge < -0.3 is 25.0 Å². The first-order valence-corrected chi connectivity index (χ1v) is 12.1. The standard InChI is InChI=1S/C26H29F3N6O3/c1-17-21(32-18(2)36)5-4-6-22(17)33-23-30-16-31-24(34-23)35-13-11-25(3,12-14-35)37-15-19-7-9-20(10-8-19)38-26(27,28)29/h4-10,16H,11-15H2,1-3H3,(H,32,36)(H,30,31,33,34). The van der Waals surface area contributed by atoms with Crippen molar-refractivity contribution >= 4 is 29.2 Å². The van der Waals surface area contributed by atoms with E-state index in [2.05, 4.69) is 35.2 Å². The van der Waals surface area contributed by atoms with Gasteiger partial charge >= 0.3 is 6.36 Å². The molecule has 9 nitrogen and oxygen atoms in total. The Balaban J connectivity index is 1.33. The van der Waals surface area contributed by atoms with Gasteiger partial charge in [-0.2, -0.15) is 4.98 Å². The summed E-state index contributed by atoms with van der Waals surface area (Å²) in [4.78, 5) is 26.6. The van der Waals surface area contributed by atoms with Crippen LogP contribution in [0.15, 0.2) is 48.8 Å². The lowest BCUT2D eigenvalue weighted by Gasteiger charge is -2.39. The highest BCUT2D eigenvalue weighted by atomic mass is 19.4. The highest BCUT2D eigenvalue weighted by Gasteiger charge is 2.33. The van der Waals surface area contributed by atoms with Crippen LogP contribution in [-0.4, -0.2) is 45.9 Å². The third-order valence-electron chi connectivity index (χ3n) is 6.30. The summed E-state index contributed by atoms with van der Waals surface area (Å²) in [5.41, 5.74) is 2.70. The second kappa shape index (κ2) is 11.2. The summed E-state index contributed by atoms with van der Waals surface area (Å²) in [7, 11) is 0. The number of amides is 1. The molecule has 0 spiro atoms. The van der Waals surface area contributed by atoms with Gasteiger partial charge in [0.1, 0.15) is 12.1 Å². The smallest absolute Gasteiger partial charge is 0.406 e. The fourth-order valence-electron chi connectivity index (χ4n) is 4.09. The van der Waals surface area contributed by atoms with Crippen molar-refractivity contribution in [3.63, 3.8) is 0 Å². The van der Waals surface area contributed by atoms with Crippen molar-refractivity contribution in [2.45, 2.75) is 52.2 Å². The number of anilines is 4. The largest absolute Gasteiger partial charge is 0.573 e. The van der Waals surface area contributed by atoms with E-state index >= 15 is 0 Å². The van der Waals surface area contributed by atoms with Gasteiger partial charge in [0, 0.05) is 31.4 Å². The van der Waals surface area contributed by atoms with Crippen LogP contribution in [0.3, 0.4) is 0 Å². The summed E-state index contributed by atoms with van der Waals surface area (Å²) in [6.07, 6.45) is -1.83. The minimum absolute atomic E-state index is 0.151. The molecule has 2 N–H and O–H groups in total. The molecule has 4 rings (SSSR count). The fraction of sp³-hybridized carbons (Fsp3) is 0.385. The summed E-state index contributed by atoms with van der Waals surface area (Å²) < 4.78 is 47.1. The van der Waals surface area contributed by atoms with Crippen LogP contribution >= 0.6 is 0 Å². The monoisotopic (exact) mass is 530 g/mol. The van der Waals surface area contributed by atoms with E-state index in [0.29, 0.717) is 43.5 Å². The molecule has 1 amide bonds. The van der Waals surface area contributed by atoms with Crippen LogP contribution in [-0.2, 0) is 16.1 Å². The lowest BCUT2D eigenvalue weighted by atomic mass is 9.93. The predicted octanol–water partition coefficient (Wildman–Crippen LogP) is 5.36. The Kier molecular flexibility index (Phi) is 8.00. The first-order chi connectivity index (χ1) is 18.0. The number of hydrogen-bond donors (Lipinski definition) is 2. The third kappa shape index (κ3) is 7.31. The summed E-state index contributed by atoms with van der Waals surface area (Å²) in [5, 5.41) is 6.00. The molecule has 0 bridgehead atoms. The highest BCUT2D eigenvalue weighted by molar-refractivity contribution is 5.90. The lowest BCUT2D eigenvalue weighted by Crippen LogP contribution is -2.44. The minimum Gasteiger partial charge on any atom is -0.406 e. The van der Waals surface area contributed by atoms with E-state index in [-0.39, 0.29) is 18.3 Å². The molecular weight excluding hydrogens is 501 g/mol. The van der Waals surface area contributed by atoms with E-state index in [1.165, 1.54) is 25.4 Å². The zero-order valence-corrected chi connectivity index (χ0v) is 21.3. The van der Waals surface area contributed by atoms with Crippen molar-refractivity contribution in [3.8, 4) is 5.75 Å². The van der Waals surface area contributed by atoms with Gasteiger partial charge in [-0.15, -0.1) is 13.2 Å². The molecular formula is C26H29F3N6O3. The van der Waals surface area contributed by atoms with Crippen molar-refractivity contribution in [1.29, 1.82) is 0 Å². The molecule has 1 fully saturated rings. The van der Waals surface area contributed by atoms with Gasteiger partial charge in [-0.3, -0.25) is 4.79 Å². The molecule has 0 atom stereocenters. The molecule has 0 aliphatic carbocycles. The Morgan fingerprint density at radius 1 is 1.08 bits per heavy atom.